The molecule has 0 aromatic heterocycles. The van der Waals surface area contributed by atoms with E-state index in [1.807, 2.05) is 0 Å². The van der Waals surface area contributed by atoms with Crippen LogP contribution >= 0.6 is 0 Å². The van der Waals surface area contributed by atoms with E-state index in [4.69, 9.17) is 9.47 Å². The summed E-state index contributed by atoms with van der Waals surface area (Å²) in [4.78, 5) is 12.7. The molecule has 2 rings (SSSR count). The van der Waals surface area contributed by atoms with Crippen LogP contribution in [0, 0.1) is 13.8 Å². The van der Waals surface area contributed by atoms with Crippen LogP contribution in [0.15, 0.2) is 24.3 Å². The van der Waals surface area contributed by atoms with Gasteiger partial charge in [0.1, 0.15) is 23.0 Å². The number of carbonyl (C=O) groups is 1. The molecule has 0 aliphatic carbocycles. The van der Waals surface area contributed by atoms with Gasteiger partial charge in [-0.3, -0.25) is 4.79 Å². The second-order valence-electron chi connectivity index (χ2n) is 4.96. The summed E-state index contributed by atoms with van der Waals surface area (Å²) in [5, 5.41) is 20.1. The van der Waals surface area contributed by atoms with Crippen molar-refractivity contribution in [2.75, 3.05) is 14.2 Å². The summed E-state index contributed by atoms with van der Waals surface area (Å²) in [5.74, 6) is 0.290. The van der Waals surface area contributed by atoms with Crippen LogP contribution in [0.1, 0.15) is 27.0 Å². The average Bonchev–Trinajstić information content (AvgIpc) is 2.51. The molecule has 0 spiro atoms. The predicted octanol–water partition coefficient (Wildman–Crippen LogP) is 2.96. The number of benzene rings is 2. The highest BCUT2D eigenvalue weighted by molar-refractivity contribution is 6.13. The maximum atomic E-state index is 12.7. The normalized spacial score (nSPS) is 10.4. The van der Waals surface area contributed by atoms with Crippen molar-refractivity contribution in [1.82, 2.24) is 0 Å². The zero-order chi connectivity index (χ0) is 16.4. The molecule has 2 aromatic carbocycles. The molecule has 2 N–H and O–H groups in total. The third kappa shape index (κ3) is 2.57. The van der Waals surface area contributed by atoms with Gasteiger partial charge in [-0.05, 0) is 37.6 Å². The first-order chi connectivity index (χ1) is 10.4. The SMILES string of the molecule is COc1ccc(C(=O)c2c(O)cc(C)c(O)c2C)c(OC)c1. The van der Waals surface area contributed by atoms with Crippen molar-refractivity contribution in [2.45, 2.75) is 13.8 Å². The van der Waals surface area contributed by atoms with Crippen LogP contribution in [0.3, 0.4) is 0 Å². The van der Waals surface area contributed by atoms with Gasteiger partial charge in [-0.2, -0.15) is 0 Å². The van der Waals surface area contributed by atoms with Gasteiger partial charge < -0.3 is 19.7 Å². The summed E-state index contributed by atoms with van der Waals surface area (Å²) >= 11 is 0. The Hall–Kier alpha value is -2.69. The van der Waals surface area contributed by atoms with Crippen LogP contribution in [-0.2, 0) is 0 Å². The lowest BCUT2D eigenvalue weighted by Crippen LogP contribution is -2.07. The van der Waals surface area contributed by atoms with E-state index < -0.39 is 5.78 Å². The summed E-state index contributed by atoms with van der Waals surface area (Å²) in [6, 6.07) is 6.16. The van der Waals surface area contributed by atoms with Gasteiger partial charge in [-0.1, -0.05) is 0 Å². The van der Waals surface area contributed by atoms with Gasteiger partial charge in [-0.25, -0.2) is 0 Å². The minimum atomic E-state index is -0.426. The molecule has 0 amide bonds. The van der Waals surface area contributed by atoms with Crippen molar-refractivity contribution < 1.29 is 24.5 Å². The second-order valence-corrected chi connectivity index (χ2v) is 4.96. The van der Waals surface area contributed by atoms with E-state index in [1.165, 1.54) is 20.3 Å². The number of hydrogen-bond acceptors (Lipinski definition) is 5. The third-order valence-corrected chi connectivity index (χ3v) is 3.59. The first kappa shape index (κ1) is 15.7. The number of hydrogen-bond donors (Lipinski definition) is 2. The number of aromatic hydroxyl groups is 2. The van der Waals surface area contributed by atoms with Crippen molar-refractivity contribution in [1.29, 1.82) is 0 Å². The van der Waals surface area contributed by atoms with Gasteiger partial charge in [0.05, 0.1) is 25.3 Å². The Morgan fingerprint density at radius 3 is 2.32 bits per heavy atom. The van der Waals surface area contributed by atoms with Crippen molar-refractivity contribution in [3.63, 3.8) is 0 Å². The van der Waals surface area contributed by atoms with Crippen molar-refractivity contribution in [3.05, 3.63) is 46.5 Å². The highest BCUT2D eigenvalue weighted by atomic mass is 16.5. The molecule has 0 saturated heterocycles. The maximum absolute atomic E-state index is 12.7. The van der Waals surface area contributed by atoms with Crippen LogP contribution in [0.25, 0.3) is 0 Å². The van der Waals surface area contributed by atoms with E-state index >= 15 is 0 Å². The Bertz CT molecular complexity index is 734. The number of carbonyl (C=O) groups excluding carboxylic acids is 1. The fourth-order valence-electron chi connectivity index (χ4n) is 2.36. The van der Waals surface area contributed by atoms with Crippen LogP contribution in [0.2, 0.25) is 0 Å². The summed E-state index contributed by atoms with van der Waals surface area (Å²) in [6.07, 6.45) is 0. The largest absolute Gasteiger partial charge is 0.507 e. The molecule has 0 bridgehead atoms. The molecule has 2 aromatic rings. The topological polar surface area (TPSA) is 76.0 Å². The van der Waals surface area contributed by atoms with Gasteiger partial charge >= 0.3 is 0 Å². The van der Waals surface area contributed by atoms with Gasteiger partial charge in [0.15, 0.2) is 0 Å². The molecule has 22 heavy (non-hydrogen) atoms. The third-order valence-electron chi connectivity index (χ3n) is 3.59. The summed E-state index contributed by atoms with van der Waals surface area (Å²) in [7, 11) is 2.97. The zero-order valence-corrected chi connectivity index (χ0v) is 12.9. The zero-order valence-electron chi connectivity index (χ0n) is 12.9. The highest BCUT2D eigenvalue weighted by Gasteiger charge is 2.23. The maximum Gasteiger partial charge on any atom is 0.200 e. The van der Waals surface area contributed by atoms with Crippen molar-refractivity contribution in [2.24, 2.45) is 0 Å². The number of phenols is 2. The number of ether oxygens (including phenoxy) is 2. The first-order valence-electron chi connectivity index (χ1n) is 6.69. The van der Waals surface area contributed by atoms with Crippen LogP contribution in [-0.4, -0.2) is 30.2 Å². The highest BCUT2D eigenvalue weighted by Crippen LogP contribution is 2.35. The molecule has 5 nitrogen and oxygen atoms in total. The Morgan fingerprint density at radius 2 is 1.73 bits per heavy atom. The predicted molar refractivity (Wildman–Crippen MR) is 82.2 cm³/mol. The molecular weight excluding hydrogens is 284 g/mol. The first-order valence-corrected chi connectivity index (χ1v) is 6.69. The fourth-order valence-corrected chi connectivity index (χ4v) is 2.36. The lowest BCUT2D eigenvalue weighted by molar-refractivity contribution is 0.103. The van der Waals surface area contributed by atoms with Crippen molar-refractivity contribution >= 4 is 5.78 Å². The lowest BCUT2D eigenvalue weighted by atomic mass is 9.95. The number of methoxy groups -OCH3 is 2. The van der Waals surface area contributed by atoms with E-state index in [-0.39, 0.29) is 22.6 Å². The monoisotopic (exact) mass is 302 g/mol. The average molecular weight is 302 g/mol. The van der Waals surface area contributed by atoms with Gasteiger partial charge in [0.2, 0.25) is 5.78 Å². The molecule has 0 heterocycles. The van der Waals surface area contributed by atoms with E-state index in [0.29, 0.717) is 22.6 Å². The van der Waals surface area contributed by atoms with E-state index in [0.717, 1.165) is 0 Å². The molecule has 0 fully saturated rings. The molecule has 5 heteroatoms. The number of aryl methyl sites for hydroxylation is 1. The standard InChI is InChI=1S/C17H18O5/c1-9-7-13(18)15(10(2)16(9)19)17(20)12-6-5-11(21-3)8-14(12)22-4/h5-8,18-19H,1-4H3. The second kappa shape index (κ2) is 5.97. The van der Waals surface area contributed by atoms with Crippen LogP contribution < -0.4 is 9.47 Å². The fraction of sp³-hybridized carbons (Fsp3) is 0.235. The summed E-state index contributed by atoms with van der Waals surface area (Å²) in [5.41, 5.74) is 1.19. The molecule has 0 atom stereocenters. The minimum Gasteiger partial charge on any atom is -0.507 e. The van der Waals surface area contributed by atoms with Crippen LogP contribution in [0.4, 0.5) is 0 Å². The molecular formula is C17H18O5. The Labute approximate surface area is 128 Å². The summed E-state index contributed by atoms with van der Waals surface area (Å²) < 4.78 is 10.3. The summed E-state index contributed by atoms with van der Waals surface area (Å²) in [6.45, 7) is 3.25. The Morgan fingerprint density at radius 1 is 1.05 bits per heavy atom. The van der Waals surface area contributed by atoms with Gasteiger partial charge in [0.25, 0.3) is 0 Å². The number of ketones is 1. The van der Waals surface area contributed by atoms with Gasteiger partial charge in [0, 0.05) is 11.6 Å². The van der Waals surface area contributed by atoms with Gasteiger partial charge in [-0.15, -0.1) is 0 Å². The van der Waals surface area contributed by atoms with E-state index in [2.05, 4.69) is 0 Å². The smallest absolute Gasteiger partial charge is 0.200 e. The Balaban J connectivity index is 2.61. The molecule has 0 aliphatic rings. The molecule has 0 radical (unpaired) electrons. The van der Waals surface area contributed by atoms with E-state index in [9.17, 15) is 15.0 Å². The van der Waals surface area contributed by atoms with Crippen LogP contribution in [0.5, 0.6) is 23.0 Å². The number of phenolic OH excluding ortho intramolecular Hbond substituents is 2. The molecule has 0 saturated carbocycles. The van der Waals surface area contributed by atoms with Crippen molar-refractivity contribution in [3.8, 4) is 23.0 Å². The molecule has 0 unspecified atom stereocenters. The lowest BCUT2D eigenvalue weighted by Gasteiger charge is -2.14. The Kier molecular flexibility index (Phi) is 4.26. The minimum absolute atomic E-state index is 0.00590. The molecule has 116 valence electrons. The quantitative estimate of drug-likeness (QED) is 0.671. The molecule has 0 aliphatic heterocycles. The number of rotatable bonds is 4. The van der Waals surface area contributed by atoms with E-state index in [1.54, 1.807) is 32.0 Å².